The van der Waals surface area contributed by atoms with Crippen LogP contribution in [0.5, 0.6) is 0 Å². The summed E-state index contributed by atoms with van der Waals surface area (Å²) in [6.07, 6.45) is 0.906. The first-order valence-corrected chi connectivity index (χ1v) is 8.04. The predicted molar refractivity (Wildman–Crippen MR) is 81.2 cm³/mol. The van der Waals surface area contributed by atoms with Crippen LogP contribution < -0.4 is 15.8 Å². The van der Waals surface area contributed by atoms with Gasteiger partial charge in [-0.2, -0.15) is 0 Å². The second-order valence-electron chi connectivity index (χ2n) is 4.68. The average molecular weight is 301 g/mol. The lowest BCUT2D eigenvalue weighted by Gasteiger charge is -2.32. The normalized spacial score (nSPS) is 13.2. The molecule has 0 bridgehead atoms. The number of hydrogen-bond donors (Lipinski definition) is 2. The molecule has 0 amide bonds. The summed E-state index contributed by atoms with van der Waals surface area (Å²) in [5, 5.41) is 5.18. The molecule has 0 spiro atoms. The molecule has 0 fully saturated rings. The quantitative estimate of drug-likeness (QED) is 0.737. The maximum atomic E-state index is 11.5. The van der Waals surface area contributed by atoms with E-state index in [-0.39, 0.29) is 16.6 Å². The summed E-state index contributed by atoms with van der Waals surface area (Å²) in [6, 6.07) is 5.07. The lowest BCUT2D eigenvalue weighted by atomic mass is 10.1. The Morgan fingerprint density at radius 1 is 1.40 bits per heavy atom. The van der Waals surface area contributed by atoms with Crippen LogP contribution in [-0.2, 0) is 14.8 Å². The largest absolute Gasteiger partial charge is 0.396 e. The molecule has 0 aliphatic rings. The van der Waals surface area contributed by atoms with Crippen molar-refractivity contribution < 1.29 is 13.2 Å². The molecule has 0 aliphatic heterocycles. The van der Waals surface area contributed by atoms with Crippen molar-refractivity contribution in [1.29, 1.82) is 0 Å². The lowest BCUT2D eigenvalue weighted by Crippen LogP contribution is -2.36. The number of benzene rings is 1. The minimum atomic E-state index is -3.83. The van der Waals surface area contributed by atoms with Crippen LogP contribution in [0.3, 0.4) is 0 Å². The highest BCUT2D eigenvalue weighted by Crippen LogP contribution is 2.30. The number of hydrogen-bond acceptors (Lipinski definition) is 5. The number of methoxy groups -OCH3 is 1. The first kappa shape index (κ1) is 16.7. The van der Waals surface area contributed by atoms with Gasteiger partial charge in [-0.05, 0) is 25.5 Å². The zero-order chi connectivity index (χ0) is 15.3. The van der Waals surface area contributed by atoms with Crippen LogP contribution in [0.1, 0.15) is 20.3 Å². The van der Waals surface area contributed by atoms with Crippen LogP contribution in [0, 0.1) is 0 Å². The van der Waals surface area contributed by atoms with Crippen molar-refractivity contribution in [2.24, 2.45) is 5.14 Å². The van der Waals surface area contributed by atoms with Crippen molar-refractivity contribution >= 4 is 21.4 Å². The molecule has 4 N–H and O–H groups in total. The van der Waals surface area contributed by atoms with Crippen molar-refractivity contribution in [3.05, 3.63) is 18.2 Å². The molecule has 1 atom stereocenters. The average Bonchev–Trinajstić information content (AvgIpc) is 2.39. The number of sulfonamides is 1. The summed E-state index contributed by atoms with van der Waals surface area (Å²) in [5.41, 5.74) is 6.85. The molecule has 114 valence electrons. The highest BCUT2D eigenvalue weighted by Gasteiger charge is 2.20. The first-order chi connectivity index (χ1) is 9.32. The highest BCUT2D eigenvalue weighted by atomic mass is 32.2. The summed E-state index contributed by atoms with van der Waals surface area (Å²) < 4.78 is 28.2. The SMILES string of the molecule is CCC(C)N(CCOC)c1cccc(S(N)(=O)=O)c1N. The number of primary sulfonamides is 1. The molecule has 6 nitrogen and oxygen atoms in total. The van der Waals surface area contributed by atoms with Crippen LogP contribution in [-0.4, -0.2) is 34.7 Å². The van der Waals surface area contributed by atoms with Crippen molar-refractivity contribution in [3.63, 3.8) is 0 Å². The smallest absolute Gasteiger partial charge is 0.240 e. The van der Waals surface area contributed by atoms with E-state index in [2.05, 4.69) is 13.8 Å². The molecule has 0 saturated carbocycles. The third-order valence-electron chi connectivity index (χ3n) is 3.32. The predicted octanol–water partition coefficient (Wildman–Crippen LogP) is 1.17. The molecule has 1 aromatic rings. The van der Waals surface area contributed by atoms with Gasteiger partial charge < -0.3 is 15.4 Å². The van der Waals surface area contributed by atoms with E-state index in [1.807, 2.05) is 4.90 Å². The summed E-state index contributed by atoms with van der Waals surface area (Å²) in [4.78, 5) is 1.99. The van der Waals surface area contributed by atoms with Crippen molar-refractivity contribution in [2.75, 3.05) is 30.9 Å². The second kappa shape index (κ2) is 6.92. The number of nitrogens with two attached hydrogens (primary N) is 2. The first-order valence-electron chi connectivity index (χ1n) is 6.49. The van der Waals surface area contributed by atoms with Gasteiger partial charge in [0.05, 0.1) is 18.0 Å². The number of nitrogen functional groups attached to an aromatic ring is 1. The Kier molecular flexibility index (Phi) is 5.79. The van der Waals surface area contributed by atoms with Gasteiger partial charge in [-0.25, -0.2) is 13.6 Å². The zero-order valence-corrected chi connectivity index (χ0v) is 13.0. The van der Waals surface area contributed by atoms with E-state index in [1.54, 1.807) is 19.2 Å². The monoisotopic (exact) mass is 301 g/mol. The standard InChI is InChI=1S/C13H23N3O3S/c1-4-10(2)16(8-9-19-3)11-6-5-7-12(13(11)14)20(15,17)18/h5-7,10H,4,8-9,14H2,1-3H3,(H2,15,17,18). The van der Waals surface area contributed by atoms with E-state index in [9.17, 15) is 8.42 Å². The van der Waals surface area contributed by atoms with Crippen LogP contribution in [0.4, 0.5) is 11.4 Å². The van der Waals surface area contributed by atoms with Crippen LogP contribution in [0.2, 0.25) is 0 Å². The van der Waals surface area contributed by atoms with Crippen LogP contribution in [0.25, 0.3) is 0 Å². The van der Waals surface area contributed by atoms with E-state index in [4.69, 9.17) is 15.6 Å². The second-order valence-corrected chi connectivity index (χ2v) is 6.21. The third kappa shape index (κ3) is 3.84. The van der Waals surface area contributed by atoms with Gasteiger partial charge in [0.25, 0.3) is 0 Å². The maximum absolute atomic E-state index is 11.5. The van der Waals surface area contributed by atoms with E-state index >= 15 is 0 Å². The lowest BCUT2D eigenvalue weighted by molar-refractivity contribution is 0.203. The summed E-state index contributed by atoms with van der Waals surface area (Å²) in [7, 11) is -2.20. The third-order valence-corrected chi connectivity index (χ3v) is 4.29. The van der Waals surface area contributed by atoms with Gasteiger partial charge in [0.1, 0.15) is 4.90 Å². The van der Waals surface area contributed by atoms with Crippen molar-refractivity contribution in [1.82, 2.24) is 0 Å². The van der Waals surface area contributed by atoms with Gasteiger partial charge in [-0.1, -0.05) is 13.0 Å². The highest BCUT2D eigenvalue weighted by molar-refractivity contribution is 7.89. The number of rotatable bonds is 7. The number of anilines is 2. The van der Waals surface area contributed by atoms with Gasteiger partial charge in [-0.15, -0.1) is 0 Å². The van der Waals surface area contributed by atoms with Crippen LogP contribution in [0.15, 0.2) is 23.1 Å². The molecule has 1 aromatic carbocycles. The number of ether oxygens (including phenoxy) is 1. The zero-order valence-electron chi connectivity index (χ0n) is 12.2. The van der Waals surface area contributed by atoms with Gasteiger partial charge >= 0.3 is 0 Å². The number of para-hydroxylation sites is 1. The van der Waals surface area contributed by atoms with Crippen molar-refractivity contribution in [2.45, 2.75) is 31.2 Å². The molecule has 0 heterocycles. The Bertz CT molecular complexity index is 546. The fourth-order valence-corrected chi connectivity index (χ4v) is 2.70. The Balaban J connectivity index is 3.27. The van der Waals surface area contributed by atoms with E-state index in [0.29, 0.717) is 18.8 Å². The fraction of sp³-hybridized carbons (Fsp3) is 0.538. The van der Waals surface area contributed by atoms with Gasteiger partial charge in [0, 0.05) is 19.7 Å². The van der Waals surface area contributed by atoms with Gasteiger partial charge in [0.2, 0.25) is 10.0 Å². The minimum absolute atomic E-state index is 0.0410. The molecule has 0 aliphatic carbocycles. The molecule has 1 rings (SSSR count). The molecule has 0 radical (unpaired) electrons. The van der Waals surface area contributed by atoms with Gasteiger partial charge in [-0.3, -0.25) is 0 Å². The van der Waals surface area contributed by atoms with Crippen molar-refractivity contribution in [3.8, 4) is 0 Å². The van der Waals surface area contributed by atoms with Gasteiger partial charge in [0.15, 0.2) is 0 Å². The molecule has 0 saturated heterocycles. The Labute approximate surface area is 120 Å². The molecule has 1 unspecified atom stereocenters. The summed E-state index contributed by atoms with van der Waals surface area (Å²) in [6.45, 7) is 5.27. The fourth-order valence-electron chi connectivity index (χ4n) is 2.02. The molecular formula is C13H23N3O3S. The molecule has 7 heteroatoms. The number of nitrogens with zero attached hydrogens (tertiary/aromatic N) is 1. The molecule has 0 aromatic heterocycles. The summed E-state index contributed by atoms with van der Waals surface area (Å²) >= 11 is 0. The topological polar surface area (TPSA) is 98.6 Å². The molecular weight excluding hydrogens is 278 g/mol. The minimum Gasteiger partial charge on any atom is -0.396 e. The Morgan fingerprint density at radius 2 is 2.05 bits per heavy atom. The molecule has 20 heavy (non-hydrogen) atoms. The van der Waals surface area contributed by atoms with E-state index < -0.39 is 10.0 Å². The van der Waals surface area contributed by atoms with Crippen LogP contribution >= 0.6 is 0 Å². The Hall–Kier alpha value is -1.31. The summed E-state index contributed by atoms with van der Waals surface area (Å²) in [5.74, 6) is 0. The van der Waals surface area contributed by atoms with E-state index in [1.165, 1.54) is 6.07 Å². The van der Waals surface area contributed by atoms with E-state index in [0.717, 1.165) is 6.42 Å². The maximum Gasteiger partial charge on any atom is 0.240 e. The Morgan fingerprint density at radius 3 is 2.55 bits per heavy atom.